The zero-order valence-electron chi connectivity index (χ0n) is 13.3. The Hall–Kier alpha value is -0.660. The number of hydrogen-bond acceptors (Lipinski definition) is 7. The molecule has 0 aliphatic rings. The van der Waals surface area contributed by atoms with Crippen molar-refractivity contribution < 1.29 is 9.53 Å². The number of thioether (sulfide) groups is 1. The highest BCUT2D eigenvalue weighted by Crippen LogP contribution is 2.23. The highest BCUT2D eigenvalue weighted by Gasteiger charge is 2.33. The first-order valence-corrected chi connectivity index (χ1v) is 9.19. The van der Waals surface area contributed by atoms with E-state index >= 15 is 0 Å². The van der Waals surface area contributed by atoms with Crippen LogP contribution in [-0.4, -0.2) is 39.8 Å². The van der Waals surface area contributed by atoms with Gasteiger partial charge in [-0.25, -0.2) is 4.98 Å². The van der Waals surface area contributed by atoms with Crippen LogP contribution >= 0.6 is 23.3 Å². The third-order valence-electron chi connectivity index (χ3n) is 3.11. The fraction of sp³-hybridized carbons (Fsp3) is 0.786. The van der Waals surface area contributed by atoms with Gasteiger partial charge in [0.2, 0.25) is 0 Å². The lowest BCUT2D eigenvalue weighted by molar-refractivity contribution is -0.150. The maximum absolute atomic E-state index is 12.0. The number of likely N-dealkylation sites (N-methyl/N-ethyl adjacent to an activating group) is 1. The van der Waals surface area contributed by atoms with Gasteiger partial charge >= 0.3 is 5.97 Å². The van der Waals surface area contributed by atoms with E-state index in [-0.39, 0.29) is 5.97 Å². The van der Waals surface area contributed by atoms with Gasteiger partial charge in [0, 0.05) is 12.2 Å². The summed E-state index contributed by atoms with van der Waals surface area (Å²) < 4.78 is 10.4. The molecule has 21 heavy (non-hydrogen) atoms. The second-order valence-corrected chi connectivity index (χ2v) is 6.96. The molecular formula is C14H25N3O2S2. The lowest BCUT2D eigenvalue weighted by atomic mass is 9.96. The number of carbonyl (C=O) groups is 1. The summed E-state index contributed by atoms with van der Waals surface area (Å²) in [5.41, 5.74) is -0.596. The van der Waals surface area contributed by atoms with Crippen molar-refractivity contribution in [3.05, 3.63) is 5.82 Å². The van der Waals surface area contributed by atoms with Gasteiger partial charge in [-0.15, -0.1) is 0 Å². The van der Waals surface area contributed by atoms with Gasteiger partial charge in [-0.05, 0) is 44.8 Å². The predicted molar refractivity (Wildman–Crippen MR) is 88.0 cm³/mol. The van der Waals surface area contributed by atoms with Gasteiger partial charge in [0.25, 0.3) is 0 Å². The van der Waals surface area contributed by atoms with Crippen molar-refractivity contribution in [1.82, 2.24) is 14.7 Å². The summed E-state index contributed by atoms with van der Waals surface area (Å²) in [5.74, 6) is 1.67. The Morgan fingerprint density at radius 3 is 2.76 bits per heavy atom. The molecular weight excluding hydrogens is 306 g/mol. The Balaban J connectivity index is 2.41. The largest absolute Gasteiger partial charge is 0.465 e. The first-order chi connectivity index (χ1) is 10.1. The lowest BCUT2D eigenvalue weighted by Gasteiger charge is -2.28. The minimum atomic E-state index is -0.596. The fourth-order valence-corrected chi connectivity index (χ4v) is 3.67. The standard InChI is InChI=1S/C14H25N3O2S2/c1-5-11-16-13(21-17-11)20-10-8-9-14(4,15-6-2)12(18)19-7-3/h15H,5-10H2,1-4H3. The first-order valence-electron chi connectivity index (χ1n) is 7.43. The number of hydrogen-bond donors (Lipinski definition) is 1. The molecule has 1 aromatic rings. The van der Waals surface area contributed by atoms with Gasteiger partial charge in [-0.2, -0.15) is 4.37 Å². The third kappa shape index (κ3) is 5.92. The molecule has 1 unspecified atom stereocenters. The number of nitrogens with one attached hydrogen (secondary N) is 1. The molecule has 7 heteroatoms. The van der Waals surface area contributed by atoms with E-state index < -0.39 is 5.54 Å². The number of ether oxygens (including phenoxy) is 1. The molecule has 5 nitrogen and oxygen atoms in total. The van der Waals surface area contributed by atoms with Gasteiger partial charge in [0.1, 0.15) is 11.4 Å². The van der Waals surface area contributed by atoms with Crippen LogP contribution in [0.3, 0.4) is 0 Å². The molecule has 1 rings (SSSR count). The van der Waals surface area contributed by atoms with Crippen molar-refractivity contribution in [1.29, 1.82) is 0 Å². The third-order valence-corrected chi connectivity index (χ3v) is 5.06. The Morgan fingerprint density at radius 2 is 2.19 bits per heavy atom. The molecule has 0 spiro atoms. The number of esters is 1. The number of aryl methyl sites for hydroxylation is 1. The second kappa shape index (κ2) is 9.38. The van der Waals surface area contributed by atoms with E-state index in [1.165, 1.54) is 11.5 Å². The summed E-state index contributed by atoms with van der Waals surface area (Å²) in [7, 11) is 0. The fourth-order valence-electron chi connectivity index (χ4n) is 1.97. The van der Waals surface area contributed by atoms with E-state index in [1.54, 1.807) is 11.8 Å². The van der Waals surface area contributed by atoms with Crippen molar-refractivity contribution in [2.45, 2.75) is 56.8 Å². The van der Waals surface area contributed by atoms with E-state index in [9.17, 15) is 4.79 Å². The summed E-state index contributed by atoms with van der Waals surface area (Å²) in [6, 6.07) is 0. The van der Waals surface area contributed by atoms with Crippen molar-refractivity contribution in [3.63, 3.8) is 0 Å². The van der Waals surface area contributed by atoms with Crippen molar-refractivity contribution in [2.24, 2.45) is 0 Å². The van der Waals surface area contributed by atoms with Gasteiger partial charge in [0.05, 0.1) is 6.61 Å². The second-order valence-electron chi connectivity index (χ2n) is 4.86. The maximum Gasteiger partial charge on any atom is 0.326 e. The molecule has 0 fully saturated rings. The van der Waals surface area contributed by atoms with Gasteiger partial charge < -0.3 is 10.1 Å². The smallest absolute Gasteiger partial charge is 0.326 e. The summed E-state index contributed by atoms with van der Waals surface area (Å²) >= 11 is 3.16. The Bertz CT molecular complexity index is 440. The van der Waals surface area contributed by atoms with Crippen LogP contribution in [0.15, 0.2) is 4.34 Å². The van der Waals surface area contributed by atoms with Crippen molar-refractivity contribution >= 4 is 29.3 Å². The lowest BCUT2D eigenvalue weighted by Crippen LogP contribution is -2.50. The number of carbonyl (C=O) groups excluding carboxylic acids is 1. The maximum atomic E-state index is 12.0. The van der Waals surface area contributed by atoms with Crippen LogP contribution in [0.1, 0.15) is 46.4 Å². The van der Waals surface area contributed by atoms with Crippen molar-refractivity contribution in [3.8, 4) is 0 Å². The minimum Gasteiger partial charge on any atom is -0.465 e. The molecule has 1 N–H and O–H groups in total. The zero-order valence-corrected chi connectivity index (χ0v) is 14.9. The van der Waals surface area contributed by atoms with Crippen LogP contribution in [0, 0.1) is 0 Å². The van der Waals surface area contributed by atoms with Crippen LogP contribution in [0.4, 0.5) is 0 Å². The molecule has 0 radical (unpaired) electrons. The molecule has 120 valence electrons. The van der Waals surface area contributed by atoms with E-state index in [1.807, 2.05) is 20.8 Å². The summed E-state index contributed by atoms with van der Waals surface area (Å²) in [6.07, 6.45) is 2.55. The SMILES string of the molecule is CCNC(C)(CCCSc1nc(CC)ns1)C(=O)OCC. The van der Waals surface area contributed by atoms with E-state index in [4.69, 9.17) is 4.74 Å². The number of aromatic nitrogens is 2. The van der Waals surface area contributed by atoms with Gasteiger partial charge in [-0.1, -0.05) is 25.6 Å². The molecule has 1 heterocycles. The van der Waals surface area contributed by atoms with Crippen LogP contribution in [-0.2, 0) is 16.0 Å². The van der Waals surface area contributed by atoms with Crippen LogP contribution < -0.4 is 5.32 Å². The van der Waals surface area contributed by atoms with E-state index in [0.717, 1.165) is 41.7 Å². The molecule has 0 saturated heterocycles. The molecule has 0 aromatic carbocycles. The molecule has 0 amide bonds. The first kappa shape index (κ1) is 18.4. The molecule has 0 aliphatic carbocycles. The highest BCUT2D eigenvalue weighted by molar-refractivity contribution is 8.00. The number of nitrogens with zero attached hydrogens (tertiary/aromatic N) is 2. The van der Waals surface area contributed by atoms with Crippen LogP contribution in [0.5, 0.6) is 0 Å². The summed E-state index contributed by atoms with van der Waals surface area (Å²) in [4.78, 5) is 16.5. The zero-order chi connectivity index (χ0) is 15.7. The monoisotopic (exact) mass is 331 g/mol. The predicted octanol–water partition coefficient (Wildman–Crippen LogP) is 2.90. The van der Waals surface area contributed by atoms with Crippen LogP contribution in [0.2, 0.25) is 0 Å². The quantitative estimate of drug-likeness (QED) is 0.404. The van der Waals surface area contributed by atoms with Crippen molar-refractivity contribution in [2.75, 3.05) is 18.9 Å². The summed E-state index contributed by atoms with van der Waals surface area (Å²) in [6.45, 7) is 8.97. The average molecular weight is 332 g/mol. The Labute approximate surface area is 135 Å². The van der Waals surface area contributed by atoms with Crippen LogP contribution in [0.25, 0.3) is 0 Å². The molecule has 0 saturated carbocycles. The topological polar surface area (TPSA) is 64.1 Å². The van der Waals surface area contributed by atoms with Gasteiger partial charge in [-0.3, -0.25) is 4.79 Å². The average Bonchev–Trinajstić information content (AvgIpc) is 2.92. The van der Waals surface area contributed by atoms with Gasteiger partial charge in [0.15, 0.2) is 4.34 Å². The Kier molecular flexibility index (Phi) is 8.21. The Morgan fingerprint density at radius 1 is 1.43 bits per heavy atom. The minimum absolute atomic E-state index is 0.166. The molecule has 0 bridgehead atoms. The molecule has 1 atom stereocenters. The highest BCUT2D eigenvalue weighted by atomic mass is 32.2. The normalized spacial score (nSPS) is 13.9. The van der Waals surface area contributed by atoms with E-state index in [0.29, 0.717) is 6.61 Å². The van der Waals surface area contributed by atoms with E-state index in [2.05, 4.69) is 21.6 Å². The summed E-state index contributed by atoms with van der Waals surface area (Å²) in [5, 5.41) is 3.25. The molecule has 0 aliphatic heterocycles. The molecule has 1 aromatic heterocycles. The number of rotatable bonds is 10.